The highest BCUT2D eigenvalue weighted by Crippen LogP contribution is 2.26. The third-order valence-electron chi connectivity index (χ3n) is 4.90. The standard InChI is InChI=1S/C23H26ClN3O3S/c1-16(28)21(27-14-20(23(25)29)26-15-27)11-6-17-4-2-3-5-22(17)30-12-13-31-19-9-7-18(24)8-10-19/h2-5,7-10,14-16,21,28H,6,11-13H2,1H3,(H2,25,29)/t16-,21+/m0/s1. The molecule has 8 heteroatoms. The molecular formula is C23H26ClN3O3S. The summed E-state index contributed by atoms with van der Waals surface area (Å²) in [5, 5.41) is 11.0. The van der Waals surface area contributed by atoms with Gasteiger partial charge in [0.05, 0.1) is 25.1 Å². The van der Waals surface area contributed by atoms with E-state index in [1.807, 2.05) is 48.5 Å². The van der Waals surface area contributed by atoms with Gasteiger partial charge in [0, 0.05) is 21.9 Å². The number of para-hydroxylation sites is 1. The summed E-state index contributed by atoms with van der Waals surface area (Å²) in [5.41, 5.74) is 6.55. The minimum Gasteiger partial charge on any atom is -0.492 e. The van der Waals surface area contributed by atoms with E-state index in [1.54, 1.807) is 29.4 Å². The maximum absolute atomic E-state index is 11.3. The molecule has 0 aliphatic heterocycles. The quantitative estimate of drug-likeness (QED) is 0.328. The van der Waals surface area contributed by atoms with E-state index in [0.717, 1.165) is 27.0 Å². The molecule has 0 saturated heterocycles. The van der Waals surface area contributed by atoms with Crippen molar-refractivity contribution in [3.8, 4) is 5.75 Å². The minimum atomic E-state index is -0.612. The Morgan fingerprint density at radius 1 is 1.26 bits per heavy atom. The summed E-state index contributed by atoms with van der Waals surface area (Å²) in [7, 11) is 0. The molecule has 0 unspecified atom stereocenters. The number of aromatic nitrogens is 2. The molecule has 3 aromatic rings. The molecule has 164 valence electrons. The first-order valence-electron chi connectivity index (χ1n) is 10.0. The average Bonchev–Trinajstić information content (AvgIpc) is 3.23. The first kappa shape index (κ1) is 23.2. The number of primary amides is 1. The second-order valence-electron chi connectivity index (χ2n) is 7.18. The Labute approximate surface area is 191 Å². The van der Waals surface area contributed by atoms with E-state index >= 15 is 0 Å². The van der Waals surface area contributed by atoms with E-state index in [4.69, 9.17) is 22.1 Å². The molecule has 3 N–H and O–H groups in total. The van der Waals surface area contributed by atoms with E-state index in [1.165, 1.54) is 6.33 Å². The second-order valence-corrected chi connectivity index (χ2v) is 8.78. The zero-order valence-corrected chi connectivity index (χ0v) is 18.9. The molecule has 6 nitrogen and oxygen atoms in total. The summed E-state index contributed by atoms with van der Waals surface area (Å²) < 4.78 is 7.77. The van der Waals surface area contributed by atoms with Crippen molar-refractivity contribution in [1.29, 1.82) is 0 Å². The number of ether oxygens (including phenoxy) is 1. The van der Waals surface area contributed by atoms with E-state index in [-0.39, 0.29) is 11.7 Å². The number of aliphatic hydroxyl groups excluding tert-OH is 1. The first-order chi connectivity index (χ1) is 14.9. The third-order valence-corrected chi connectivity index (χ3v) is 6.13. The summed E-state index contributed by atoms with van der Waals surface area (Å²) in [4.78, 5) is 16.5. The fourth-order valence-corrected chi connectivity index (χ4v) is 4.14. The number of rotatable bonds is 11. The molecule has 0 fully saturated rings. The van der Waals surface area contributed by atoms with Crippen LogP contribution in [0.15, 0.2) is 66.0 Å². The number of aryl methyl sites for hydroxylation is 1. The number of carbonyl (C=O) groups is 1. The fraction of sp³-hybridized carbons (Fsp3) is 0.304. The van der Waals surface area contributed by atoms with E-state index < -0.39 is 12.0 Å². The second kappa shape index (κ2) is 11.2. The molecule has 1 amide bonds. The van der Waals surface area contributed by atoms with Crippen molar-refractivity contribution in [2.24, 2.45) is 5.73 Å². The summed E-state index contributed by atoms with van der Waals surface area (Å²) in [6.45, 7) is 2.30. The van der Waals surface area contributed by atoms with Crippen LogP contribution in [0.2, 0.25) is 5.02 Å². The highest BCUT2D eigenvalue weighted by Gasteiger charge is 2.19. The van der Waals surface area contributed by atoms with Crippen molar-refractivity contribution in [1.82, 2.24) is 9.55 Å². The normalized spacial score (nSPS) is 13.0. The van der Waals surface area contributed by atoms with Gasteiger partial charge in [-0.3, -0.25) is 4.79 Å². The monoisotopic (exact) mass is 459 g/mol. The van der Waals surface area contributed by atoms with Gasteiger partial charge in [-0.2, -0.15) is 0 Å². The zero-order valence-electron chi connectivity index (χ0n) is 17.3. The Morgan fingerprint density at radius 2 is 2.00 bits per heavy atom. The van der Waals surface area contributed by atoms with Gasteiger partial charge >= 0.3 is 0 Å². The number of imidazole rings is 1. The maximum Gasteiger partial charge on any atom is 0.268 e. The summed E-state index contributed by atoms with van der Waals surface area (Å²) >= 11 is 7.63. The topological polar surface area (TPSA) is 90.4 Å². The minimum absolute atomic E-state index is 0.188. The van der Waals surface area contributed by atoms with Gasteiger partial charge in [0.2, 0.25) is 0 Å². The third kappa shape index (κ3) is 6.75. The Hall–Kier alpha value is -2.48. The van der Waals surface area contributed by atoms with Crippen molar-refractivity contribution < 1.29 is 14.6 Å². The van der Waals surface area contributed by atoms with Crippen molar-refractivity contribution in [3.63, 3.8) is 0 Å². The lowest BCUT2D eigenvalue weighted by atomic mass is 10.0. The molecule has 1 heterocycles. The van der Waals surface area contributed by atoms with E-state index in [2.05, 4.69) is 4.98 Å². The van der Waals surface area contributed by atoms with Crippen LogP contribution in [-0.4, -0.2) is 39.0 Å². The number of hydrogen-bond acceptors (Lipinski definition) is 5. The number of hydrogen-bond donors (Lipinski definition) is 2. The van der Waals surface area contributed by atoms with Crippen LogP contribution in [-0.2, 0) is 6.42 Å². The SMILES string of the molecule is C[C@H](O)[C@@H](CCc1ccccc1OCCSc1ccc(Cl)cc1)n1cnc(C(N)=O)c1. The van der Waals surface area contributed by atoms with Crippen LogP contribution < -0.4 is 10.5 Å². The Balaban J connectivity index is 1.57. The van der Waals surface area contributed by atoms with Gasteiger partial charge < -0.3 is 20.1 Å². The summed E-state index contributed by atoms with van der Waals surface area (Å²) in [6, 6.07) is 15.4. The van der Waals surface area contributed by atoms with Crippen LogP contribution in [0.25, 0.3) is 0 Å². The van der Waals surface area contributed by atoms with Crippen molar-refractivity contribution >= 4 is 29.3 Å². The molecular weight excluding hydrogens is 434 g/mol. The maximum atomic E-state index is 11.3. The van der Waals surface area contributed by atoms with Crippen LogP contribution in [0.3, 0.4) is 0 Å². The number of nitrogens with zero attached hydrogens (tertiary/aromatic N) is 2. The number of benzene rings is 2. The lowest BCUT2D eigenvalue weighted by Crippen LogP contribution is -2.21. The predicted octanol–water partition coefficient (Wildman–Crippen LogP) is 4.36. The molecule has 1 aromatic heterocycles. The Bertz CT molecular complexity index is 992. The molecule has 0 bridgehead atoms. The van der Waals surface area contributed by atoms with Crippen molar-refractivity contribution in [2.75, 3.05) is 12.4 Å². The molecule has 31 heavy (non-hydrogen) atoms. The van der Waals surface area contributed by atoms with Gasteiger partial charge in [-0.05, 0) is 55.7 Å². The first-order valence-corrected chi connectivity index (χ1v) is 11.4. The number of nitrogens with two attached hydrogens (primary N) is 1. The molecule has 0 saturated carbocycles. The molecule has 0 spiro atoms. The fourth-order valence-electron chi connectivity index (χ4n) is 3.28. The lowest BCUT2D eigenvalue weighted by Gasteiger charge is -2.22. The van der Waals surface area contributed by atoms with Crippen LogP contribution in [0.4, 0.5) is 0 Å². The van der Waals surface area contributed by atoms with Gasteiger partial charge in [-0.15, -0.1) is 11.8 Å². The highest BCUT2D eigenvalue weighted by atomic mass is 35.5. The Kier molecular flexibility index (Phi) is 8.40. The number of aliphatic hydroxyl groups is 1. The average molecular weight is 460 g/mol. The lowest BCUT2D eigenvalue weighted by molar-refractivity contribution is 0.0994. The molecule has 2 atom stereocenters. The van der Waals surface area contributed by atoms with E-state index in [9.17, 15) is 9.90 Å². The highest BCUT2D eigenvalue weighted by molar-refractivity contribution is 7.99. The smallest absolute Gasteiger partial charge is 0.268 e. The molecule has 0 aliphatic rings. The Morgan fingerprint density at radius 3 is 2.68 bits per heavy atom. The largest absolute Gasteiger partial charge is 0.492 e. The molecule has 2 aromatic carbocycles. The van der Waals surface area contributed by atoms with Crippen LogP contribution in [0.1, 0.15) is 35.4 Å². The number of amides is 1. The van der Waals surface area contributed by atoms with E-state index in [0.29, 0.717) is 19.4 Å². The van der Waals surface area contributed by atoms with Gasteiger partial charge in [0.1, 0.15) is 11.4 Å². The van der Waals surface area contributed by atoms with Crippen molar-refractivity contribution in [3.05, 3.63) is 77.3 Å². The summed E-state index contributed by atoms with van der Waals surface area (Å²) in [6.07, 6.45) is 3.87. The van der Waals surface area contributed by atoms with Gasteiger partial charge in [-0.1, -0.05) is 29.8 Å². The van der Waals surface area contributed by atoms with Crippen LogP contribution in [0, 0.1) is 0 Å². The summed E-state index contributed by atoms with van der Waals surface area (Å²) in [5.74, 6) is 1.07. The van der Waals surface area contributed by atoms with Gasteiger partial charge in [0.25, 0.3) is 5.91 Å². The van der Waals surface area contributed by atoms with Gasteiger partial charge in [0.15, 0.2) is 0 Å². The van der Waals surface area contributed by atoms with Crippen molar-refractivity contribution in [2.45, 2.75) is 36.8 Å². The molecule has 3 rings (SSSR count). The van der Waals surface area contributed by atoms with Gasteiger partial charge in [-0.25, -0.2) is 4.98 Å². The van der Waals surface area contributed by atoms with Crippen LogP contribution >= 0.6 is 23.4 Å². The number of carbonyl (C=O) groups excluding carboxylic acids is 1. The zero-order chi connectivity index (χ0) is 22.2. The number of halogens is 1. The number of thioether (sulfide) groups is 1. The molecule has 0 radical (unpaired) electrons. The molecule has 0 aliphatic carbocycles. The van der Waals surface area contributed by atoms with Crippen LogP contribution in [0.5, 0.6) is 5.75 Å². The predicted molar refractivity (Wildman–Crippen MR) is 124 cm³/mol.